The van der Waals surface area contributed by atoms with Gasteiger partial charge >= 0.3 is 5.97 Å². The summed E-state index contributed by atoms with van der Waals surface area (Å²) in [7, 11) is 0. The fourth-order valence-electron chi connectivity index (χ4n) is 3.04. The standard InChI is InChI=1S/C14H26O2/c1-3-12(4-2)11-14(13(15)16)9-7-5-6-8-10-14/h12H,3-11H2,1-2H3,(H,15,16). The number of carbonyl (C=O) groups is 1. The minimum absolute atomic E-state index is 0.396. The summed E-state index contributed by atoms with van der Waals surface area (Å²) in [6.07, 6.45) is 9.58. The second-order valence-corrected chi connectivity index (χ2v) is 5.39. The molecule has 1 saturated carbocycles. The molecule has 1 rings (SSSR count). The zero-order valence-corrected chi connectivity index (χ0v) is 10.8. The van der Waals surface area contributed by atoms with E-state index in [-0.39, 0.29) is 0 Å². The summed E-state index contributed by atoms with van der Waals surface area (Å²) in [5.74, 6) is 0.0514. The van der Waals surface area contributed by atoms with Crippen molar-refractivity contribution in [2.75, 3.05) is 0 Å². The van der Waals surface area contributed by atoms with Crippen molar-refractivity contribution in [1.82, 2.24) is 0 Å². The first-order valence-corrected chi connectivity index (χ1v) is 6.88. The number of hydrogen-bond acceptors (Lipinski definition) is 1. The molecule has 1 N–H and O–H groups in total. The van der Waals surface area contributed by atoms with Crippen LogP contribution in [0, 0.1) is 11.3 Å². The fourth-order valence-corrected chi connectivity index (χ4v) is 3.04. The van der Waals surface area contributed by atoms with Crippen LogP contribution in [0.5, 0.6) is 0 Å². The topological polar surface area (TPSA) is 37.3 Å². The lowest BCUT2D eigenvalue weighted by Crippen LogP contribution is -2.32. The molecular weight excluding hydrogens is 200 g/mol. The number of carboxylic acids is 1. The average molecular weight is 226 g/mol. The molecule has 0 spiro atoms. The van der Waals surface area contributed by atoms with Gasteiger partial charge in [0.15, 0.2) is 0 Å². The van der Waals surface area contributed by atoms with Gasteiger partial charge in [-0.2, -0.15) is 0 Å². The minimum Gasteiger partial charge on any atom is -0.481 e. The van der Waals surface area contributed by atoms with Gasteiger partial charge in [0.25, 0.3) is 0 Å². The molecule has 0 saturated heterocycles. The first-order valence-electron chi connectivity index (χ1n) is 6.88. The molecular formula is C14H26O2. The van der Waals surface area contributed by atoms with Gasteiger partial charge in [-0.3, -0.25) is 4.79 Å². The van der Waals surface area contributed by atoms with Crippen molar-refractivity contribution in [1.29, 1.82) is 0 Å². The maximum Gasteiger partial charge on any atom is 0.309 e. The summed E-state index contributed by atoms with van der Waals surface area (Å²) in [4.78, 5) is 11.6. The number of rotatable bonds is 5. The zero-order chi connectivity index (χ0) is 12.0. The second-order valence-electron chi connectivity index (χ2n) is 5.39. The third-order valence-electron chi connectivity index (χ3n) is 4.35. The Hall–Kier alpha value is -0.530. The van der Waals surface area contributed by atoms with E-state index in [1.54, 1.807) is 0 Å². The van der Waals surface area contributed by atoms with Gasteiger partial charge in [-0.25, -0.2) is 0 Å². The van der Waals surface area contributed by atoms with E-state index in [1.165, 1.54) is 12.8 Å². The van der Waals surface area contributed by atoms with Crippen LogP contribution in [0.2, 0.25) is 0 Å². The first kappa shape index (κ1) is 13.5. The van der Waals surface area contributed by atoms with E-state index in [2.05, 4.69) is 13.8 Å². The maximum atomic E-state index is 11.6. The SMILES string of the molecule is CCC(CC)CC1(C(=O)O)CCCCCC1. The Balaban J connectivity index is 2.73. The molecule has 1 aliphatic carbocycles. The van der Waals surface area contributed by atoms with E-state index in [4.69, 9.17) is 0 Å². The molecule has 0 aliphatic heterocycles. The molecule has 0 amide bonds. The molecule has 0 aromatic rings. The zero-order valence-electron chi connectivity index (χ0n) is 10.8. The second kappa shape index (κ2) is 6.27. The van der Waals surface area contributed by atoms with Crippen molar-refractivity contribution >= 4 is 5.97 Å². The molecule has 1 aliphatic rings. The molecule has 0 atom stereocenters. The van der Waals surface area contributed by atoms with Crippen LogP contribution in [-0.4, -0.2) is 11.1 Å². The highest BCUT2D eigenvalue weighted by atomic mass is 16.4. The number of carboxylic acid groups (broad SMARTS) is 1. The minimum atomic E-state index is -0.540. The summed E-state index contributed by atoms with van der Waals surface area (Å²) in [5, 5.41) is 9.55. The molecule has 0 unspecified atom stereocenters. The van der Waals surface area contributed by atoms with Crippen LogP contribution in [0.25, 0.3) is 0 Å². The van der Waals surface area contributed by atoms with E-state index in [0.29, 0.717) is 5.92 Å². The van der Waals surface area contributed by atoms with Gasteiger partial charge < -0.3 is 5.11 Å². The van der Waals surface area contributed by atoms with Crippen LogP contribution in [0.15, 0.2) is 0 Å². The van der Waals surface area contributed by atoms with E-state index in [9.17, 15) is 9.90 Å². The lowest BCUT2D eigenvalue weighted by molar-refractivity contribution is -0.151. The van der Waals surface area contributed by atoms with Crippen LogP contribution < -0.4 is 0 Å². The summed E-state index contributed by atoms with van der Waals surface area (Å²) in [6, 6.07) is 0. The predicted octanol–water partition coefficient (Wildman–Crippen LogP) is 4.24. The monoisotopic (exact) mass is 226 g/mol. The molecule has 0 heterocycles. The van der Waals surface area contributed by atoms with Crippen LogP contribution in [-0.2, 0) is 4.79 Å². The molecule has 1 fully saturated rings. The third kappa shape index (κ3) is 3.23. The van der Waals surface area contributed by atoms with Crippen LogP contribution in [0.3, 0.4) is 0 Å². The van der Waals surface area contributed by atoms with E-state index < -0.39 is 11.4 Å². The molecule has 16 heavy (non-hydrogen) atoms. The molecule has 0 radical (unpaired) electrons. The number of hydrogen-bond donors (Lipinski definition) is 1. The fraction of sp³-hybridized carbons (Fsp3) is 0.929. The van der Waals surface area contributed by atoms with Crippen molar-refractivity contribution in [3.05, 3.63) is 0 Å². The maximum absolute atomic E-state index is 11.6. The lowest BCUT2D eigenvalue weighted by atomic mass is 9.72. The van der Waals surface area contributed by atoms with Crippen molar-refractivity contribution in [3.8, 4) is 0 Å². The van der Waals surface area contributed by atoms with E-state index in [1.807, 2.05) is 0 Å². The summed E-state index contributed by atoms with van der Waals surface area (Å²) in [6.45, 7) is 4.36. The smallest absolute Gasteiger partial charge is 0.309 e. The molecule has 0 aromatic carbocycles. The molecule has 2 heteroatoms. The Labute approximate surface area is 99.4 Å². The predicted molar refractivity (Wildman–Crippen MR) is 66.5 cm³/mol. The Kier molecular flexibility index (Phi) is 5.30. The van der Waals surface area contributed by atoms with Gasteiger partial charge in [0.05, 0.1) is 5.41 Å². The van der Waals surface area contributed by atoms with Gasteiger partial charge in [0.1, 0.15) is 0 Å². The van der Waals surface area contributed by atoms with Crippen molar-refractivity contribution in [2.45, 2.75) is 71.6 Å². The van der Waals surface area contributed by atoms with Crippen LogP contribution in [0.1, 0.15) is 71.6 Å². The van der Waals surface area contributed by atoms with E-state index in [0.717, 1.165) is 44.9 Å². The molecule has 0 bridgehead atoms. The van der Waals surface area contributed by atoms with Gasteiger partial charge in [0.2, 0.25) is 0 Å². The van der Waals surface area contributed by atoms with Crippen LogP contribution >= 0.6 is 0 Å². The number of aliphatic carboxylic acids is 1. The highest BCUT2D eigenvalue weighted by Gasteiger charge is 2.39. The Bertz CT molecular complexity index is 211. The Morgan fingerprint density at radius 1 is 1.12 bits per heavy atom. The lowest BCUT2D eigenvalue weighted by Gasteiger charge is -2.31. The van der Waals surface area contributed by atoms with Crippen molar-refractivity contribution < 1.29 is 9.90 Å². The summed E-state index contributed by atoms with van der Waals surface area (Å²) in [5.41, 5.74) is -0.396. The van der Waals surface area contributed by atoms with Crippen LogP contribution in [0.4, 0.5) is 0 Å². The molecule has 2 nitrogen and oxygen atoms in total. The van der Waals surface area contributed by atoms with Crippen molar-refractivity contribution in [3.63, 3.8) is 0 Å². The van der Waals surface area contributed by atoms with Gasteiger partial charge in [-0.15, -0.1) is 0 Å². The average Bonchev–Trinajstić information content (AvgIpc) is 2.52. The third-order valence-corrected chi connectivity index (χ3v) is 4.35. The van der Waals surface area contributed by atoms with E-state index >= 15 is 0 Å². The summed E-state index contributed by atoms with van der Waals surface area (Å²) >= 11 is 0. The van der Waals surface area contributed by atoms with Gasteiger partial charge in [-0.1, -0.05) is 52.4 Å². The Morgan fingerprint density at radius 3 is 2.00 bits per heavy atom. The normalized spacial score (nSPS) is 20.7. The highest BCUT2D eigenvalue weighted by molar-refractivity contribution is 5.74. The quantitative estimate of drug-likeness (QED) is 0.712. The summed E-state index contributed by atoms with van der Waals surface area (Å²) < 4.78 is 0. The Morgan fingerprint density at radius 2 is 1.62 bits per heavy atom. The van der Waals surface area contributed by atoms with Gasteiger partial charge in [0, 0.05) is 0 Å². The van der Waals surface area contributed by atoms with Gasteiger partial charge in [-0.05, 0) is 25.2 Å². The largest absolute Gasteiger partial charge is 0.481 e. The molecule has 0 aromatic heterocycles. The highest BCUT2D eigenvalue weighted by Crippen LogP contribution is 2.41. The molecule has 94 valence electrons. The van der Waals surface area contributed by atoms with Crippen molar-refractivity contribution in [2.24, 2.45) is 11.3 Å². The first-order chi connectivity index (χ1) is 7.64.